The molecule has 1 N–H and O–H groups in total. The third kappa shape index (κ3) is 4.98. The van der Waals surface area contributed by atoms with Crippen molar-refractivity contribution >= 4 is 45.3 Å². The number of rotatable bonds is 6. The molecule has 0 bridgehead atoms. The molecule has 11 heteroatoms. The maximum Gasteiger partial charge on any atom is 0.246 e. The van der Waals surface area contributed by atoms with E-state index >= 15 is 4.39 Å². The zero-order valence-electron chi connectivity index (χ0n) is 23.9. The molecule has 3 aromatic heterocycles. The molecule has 0 spiro atoms. The number of benzene rings is 2. The lowest BCUT2D eigenvalue weighted by Crippen LogP contribution is -2.58. The number of halogens is 1. The smallest absolute Gasteiger partial charge is 0.246 e. The predicted octanol–water partition coefficient (Wildman–Crippen LogP) is 5.51. The van der Waals surface area contributed by atoms with Crippen LogP contribution in [0.25, 0.3) is 22.1 Å². The maximum atomic E-state index is 15.4. The summed E-state index contributed by atoms with van der Waals surface area (Å²) < 4.78 is 23.3. The van der Waals surface area contributed by atoms with E-state index < -0.39 is 5.82 Å². The number of imidazole rings is 1. The highest BCUT2D eigenvalue weighted by Gasteiger charge is 2.32. The van der Waals surface area contributed by atoms with Gasteiger partial charge in [-0.05, 0) is 62.7 Å². The van der Waals surface area contributed by atoms with E-state index in [1.165, 1.54) is 18.5 Å². The van der Waals surface area contributed by atoms with Crippen molar-refractivity contribution in [3.8, 4) is 11.5 Å². The van der Waals surface area contributed by atoms with Crippen molar-refractivity contribution in [2.24, 2.45) is 7.05 Å². The van der Waals surface area contributed by atoms with E-state index in [-0.39, 0.29) is 23.7 Å². The summed E-state index contributed by atoms with van der Waals surface area (Å²) in [4.78, 5) is 34.3. The van der Waals surface area contributed by atoms with Gasteiger partial charge in [-0.15, -0.1) is 0 Å². The van der Waals surface area contributed by atoms with Gasteiger partial charge in [0, 0.05) is 44.4 Å². The molecule has 0 saturated carbocycles. The van der Waals surface area contributed by atoms with Crippen molar-refractivity contribution in [3.63, 3.8) is 0 Å². The number of anilines is 3. The molecule has 6 rings (SSSR count). The molecule has 5 aromatic rings. The Morgan fingerprint density at radius 2 is 1.86 bits per heavy atom. The second-order valence-corrected chi connectivity index (χ2v) is 10.6. The summed E-state index contributed by atoms with van der Waals surface area (Å²) in [6, 6.07) is 12.4. The van der Waals surface area contributed by atoms with Crippen molar-refractivity contribution in [1.29, 1.82) is 0 Å². The number of fused-ring (bicyclic) bond motifs is 2. The van der Waals surface area contributed by atoms with E-state index in [0.29, 0.717) is 41.4 Å². The molecule has 0 unspecified atom stereocenters. The quantitative estimate of drug-likeness (QED) is 0.269. The van der Waals surface area contributed by atoms with E-state index in [2.05, 4.69) is 31.7 Å². The van der Waals surface area contributed by atoms with Gasteiger partial charge >= 0.3 is 0 Å². The van der Waals surface area contributed by atoms with E-state index in [9.17, 15) is 4.79 Å². The first-order chi connectivity index (χ1) is 20.2. The minimum atomic E-state index is -0.497. The fourth-order valence-electron chi connectivity index (χ4n) is 5.55. The Labute approximate surface area is 242 Å². The normalized spacial score (nSPS) is 17.1. The number of nitrogens with zero attached hydrogens (tertiary/aromatic N) is 7. The lowest BCUT2D eigenvalue weighted by molar-refractivity contribution is -0.130. The molecule has 42 heavy (non-hydrogen) atoms. The first-order valence-electron chi connectivity index (χ1n) is 13.7. The van der Waals surface area contributed by atoms with Crippen molar-refractivity contribution in [2.75, 3.05) is 23.3 Å². The number of aromatic nitrogens is 5. The van der Waals surface area contributed by atoms with Gasteiger partial charge in [0.05, 0.1) is 28.6 Å². The standard InChI is InChI=1S/C31H31FN8O2/c1-6-29(41)40-19(3)14-39(15-20(40)4)28-10-8-23-30(37-28)31(34-16-33-23)36-24-11-18(2)27(13-22(24)32)42-21-7-9-26-25(12-21)35-17-38(26)5/h6-13,16-17,19-20H,1,14-15H2,2-5H3,(H,33,34,36)/t19-,20-/m0/s1. The zero-order chi connectivity index (χ0) is 29.5. The largest absolute Gasteiger partial charge is 0.457 e. The predicted molar refractivity (Wildman–Crippen MR) is 161 cm³/mol. The molecule has 4 heterocycles. The molecule has 10 nitrogen and oxygen atoms in total. The molecule has 1 saturated heterocycles. The highest BCUT2D eigenvalue weighted by molar-refractivity contribution is 5.89. The van der Waals surface area contributed by atoms with Gasteiger partial charge in [-0.1, -0.05) is 6.58 Å². The van der Waals surface area contributed by atoms with Crippen LogP contribution < -0.4 is 15.0 Å². The summed E-state index contributed by atoms with van der Waals surface area (Å²) in [5, 5.41) is 3.11. The van der Waals surface area contributed by atoms with Crippen molar-refractivity contribution < 1.29 is 13.9 Å². The summed E-state index contributed by atoms with van der Waals surface area (Å²) in [5.41, 5.74) is 3.89. The van der Waals surface area contributed by atoms with Crippen LogP contribution in [0.2, 0.25) is 0 Å². The fourth-order valence-corrected chi connectivity index (χ4v) is 5.55. The Hall–Kier alpha value is -5.06. The number of carbonyl (C=O) groups is 1. The number of amides is 1. The van der Waals surface area contributed by atoms with Crippen LogP contribution in [-0.4, -0.2) is 60.5 Å². The number of piperazine rings is 1. The highest BCUT2D eigenvalue weighted by Crippen LogP contribution is 2.33. The number of pyridine rings is 1. The van der Waals surface area contributed by atoms with Gasteiger partial charge < -0.3 is 24.4 Å². The highest BCUT2D eigenvalue weighted by atomic mass is 19.1. The lowest BCUT2D eigenvalue weighted by atomic mass is 10.1. The van der Waals surface area contributed by atoms with E-state index in [4.69, 9.17) is 9.72 Å². The van der Waals surface area contributed by atoms with Gasteiger partial charge in [0.25, 0.3) is 0 Å². The van der Waals surface area contributed by atoms with Crippen LogP contribution in [0.3, 0.4) is 0 Å². The minimum Gasteiger partial charge on any atom is -0.457 e. The number of carbonyl (C=O) groups excluding carboxylic acids is 1. The maximum absolute atomic E-state index is 15.4. The van der Waals surface area contributed by atoms with Crippen molar-refractivity contribution in [3.05, 3.63) is 79.2 Å². The van der Waals surface area contributed by atoms with Crippen molar-refractivity contribution in [1.82, 2.24) is 29.4 Å². The molecule has 0 radical (unpaired) electrons. The Kier molecular flexibility index (Phi) is 6.93. The molecular weight excluding hydrogens is 535 g/mol. The molecular formula is C31H31FN8O2. The second kappa shape index (κ2) is 10.7. The summed E-state index contributed by atoms with van der Waals surface area (Å²) in [7, 11) is 1.92. The summed E-state index contributed by atoms with van der Waals surface area (Å²) in [5.74, 6) is 1.51. The Bertz CT molecular complexity index is 1830. The van der Waals surface area contributed by atoms with Crippen LogP contribution in [0.1, 0.15) is 19.4 Å². The number of hydrogen-bond donors (Lipinski definition) is 1. The molecule has 214 valence electrons. The van der Waals surface area contributed by atoms with Crippen LogP contribution >= 0.6 is 0 Å². The molecule has 0 aliphatic carbocycles. The molecule has 1 amide bonds. The first-order valence-corrected chi connectivity index (χ1v) is 13.7. The molecule has 2 atom stereocenters. The topological polar surface area (TPSA) is 101 Å². The van der Waals surface area contributed by atoms with Gasteiger partial charge in [-0.2, -0.15) is 0 Å². The van der Waals surface area contributed by atoms with E-state index in [1.807, 2.05) is 67.6 Å². The van der Waals surface area contributed by atoms with Crippen LogP contribution in [-0.2, 0) is 11.8 Å². The van der Waals surface area contributed by atoms with Gasteiger partial charge in [-0.25, -0.2) is 24.3 Å². The number of hydrogen-bond acceptors (Lipinski definition) is 8. The molecule has 1 fully saturated rings. The summed E-state index contributed by atoms with van der Waals surface area (Å²) in [6.07, 6.45) is 4.51. The van der Waals surface area contributed by atoms with Gasteiger partial charge in [0.15, 0.2) is 5.82 Å². The van der Waals surface area contributed by atoms with Gasteiger partial charge in [-0.3, -0.25) is 4.79 Å². The average molecular weight is 567 g/mol. The average Bonchev–Trinajstić information content (AvgIpc) is 3.34. The third-order valence-electron chi connectivity index (χ3n) is 7.58. The summed E-state index contributed by atoms with van der Waals surface area (Å²) >= 11 is 0. The summed E-state index contributed by atoms with van der Waals surface area (Å²) in [6.45, 7) is 10.7. The Morgan fingerprint density at radius 1 is 1.07 bits per heavy atom. The lowest BCUT2D eigenvalue weighted by Gasteiger charge is -2.44. The van der Waals surface area contributed by atoms with E-state index in [0.717, 1.165) is 22.4 Å². The van der Waals surface area contributed by atoms with Crippen LogP contribution in [0.5, 0.6) is 11.5 Å². The van der Waals surface area contributed by atoms with Crippen molar-refractivity contribution in [2.45, 2.75) is 32.9 Å². The molecule has 1 aliphatic rings. The second-order valence-electron chi connectivity index (χ2n) is 10.6. The van der Waals surface area contributed by atoms with Crippen LogP contribution in [0.15, 0.2) is 67.8 Å². The molecule has 2 aromatic carbocycles. The monoisotopic (exact) mass is 566 g/mol. The zero-order valence-corrected chi connectivity index (χ0v) is 23.9. The van der Waals surface area contributed by atoms with Gasteiger partial charge in [0.2, 0.25) is 5.91 Å². The number of nitrogens with one attached hydrogen (secondary N) is 1. The Balaban J connectivity index is 1.26. The molecule has 1 aliphatic heterocycles. The fraction of sp³-hybridized carbons (Fsp3) is 0.258. The van der Waals surface area contributed by atoms with E-state index in [1.54, 1.807) is 12.4 Å². The number of ether oxygens (including phenoxy) is 1. The van der Waals surface area contributed by atoms with Crippen LogP contribution in [0.4, 0.5) is 21.7 Å². The van der Waals surface area contributed by atoms with Gasteiger partial charge in [0.1, 0.15) is 35.0 Å². The van der Waals surface area contributed by atoms with Crippen LogP contribution in [0, 0.1) is 12.7 Å². The first kappa shape index (κ1) is 27.1. The SMILES string of the molecule is C=CC(=O)N1[C@@H](C)CN(c2ccc3ncnc(Nc4cc(C)c(Oc5ccc6c(c5)ncn6C)cc4F)c3n2)C[C@@H]1C. The Morgan fingerprint density at radius 3 is 2.62 bits per heavy atom. The third-order valence-corrected chi connectivity index (χ3v) is 7.58. The number of aryl methyl sites for hydroxylation is 2. The minimum absolute atomic E-state index is 0.0231.